The number of ether oxygens (including phenoxy) is 1. The highest BCUT2D eigenvalue weighted by molar-refractivity contribution is 5.85. The highest BCUT2D eigenvalue weighted by Gasteiger charge is 2.25. The van der Waals surface area contributed by atoms with E-state index in [9.17, 15) is 20.3 Å². The Balaban J connectivity index is 0.00000400. The van der Waals surface area contributed by atoms with Crippen molar-refractivity contribution in [2.24, 2.45) is 5.73 Å². The van der Waals surface area contributed by atoms with E-state index in [1.165, 1.54) is 7.11 Å². The van der Waals surface area contributed by atoms with Gasteiger partial charge in [-0.15, -0.1) is 12.4 Å². The number of halogens is 1. The number of nitrogens with two attached hydrogens (primary N) is 1. The van der Waals surface area contributed by atoms with Crippen LogP contribution in [0.15, 0.2) is 12.1 Å². The van der Waals surface area contributed by atoms with Crippen LogP contribution in [0.1, 0.15) is 37.8 Å². The van der Waals surface area contributed by atoms with Gasteiger partial charge in [0.25, 0.3) is 5.69 Å². The van der Waals surface area contributed by atoms with Crippen LogP contribution in [0.5, 0.6) is 11.5 Å². The molecule has 4 N–H and O–H groups in total. The molecule has 2 atom stereocenters. The topological polar surface area (TPSA) is 119 Å². The summed E-state index contributed by atoms with van der Waals surface area (Å²) < 4.78 is 4.90. The number of non-ortho nitro benzene ring substituents is 1. The molecule has 0 bridgehead atoms. The minimum absolute atomic E-state index is 0. The Morgan fingerprint density at radius 3 is 2.57 bits per heavy atom. The number of hydrogen-bond donors (Lipinski definition) is 3. The van der Waals surface area contributed by atoms with Gasteiger partial charge in [-0.1, -0.05) is 19.8 Å². The van der Waals surface area contributed by atoms with Crippen molar-refractivity contribution >= 4 is 18.1 Å². The van der Waals surface area contributed by atoms with Crippen molar-refractivity contribution in [1.82, 2.24) is 0 Å². The summed E-state index contributed by atoms with van der Waals surface area (Å²) in [5.41, 5.74) is 5.75. The minimum atomic E-state index is -0.907. The maximum atomic E-state index is 10.9. The Morgan fingerprint density at radius 2 is 2.10 bits per heavy atom. The summed E-state index contributed by atoms with van der Waals surface area (Å²) in [6.45, 7) is 1.98. The van der Waals surface area contributed by atoms with Crippen molar-refractivity contribution in [3.8, 4) is 11.5 Å². The van der Waals surface area contributed by atoms with Crippen molar-refractivity contribution in [1.29, 1.82) is 0 Å². The Labute approximate surface area is 129 Å². The fourth-order valence-corrected chi connectivity index (χ4v) is 1.93. The van der Waals surface area contributed by atoms with E-state index in [1.807, 2.05) is 6.92 Å². The van der Waals surface area contributed by atoms with Gasteiger partial charge in [-0.05, 0) is 6.42 Å². The first-order valence-electron chi connectivity index (χ1n) is 6.41. The van der Waals surface area contributed by atoms with E-state index >= 15 is 0 Å². The first-order valence-corrected chi connectivity index (χ1v) is 6.41. The molecule has 0 spiro atoms. The van der Waals surface area contributed by atoms with Gasteiger partial charge in [0.2, 0.25) is 0 Å². The van der Waals surface area contributed by atoms with Gasteiger partial charge in [0.1, 0.15) is 0 Å². The molecule has 7 nitrogen and oxygen atoms in total. The second-order valence-corrected chi connectivity index (χ2v) is 4.58. The van der Waals surface area contributed by atoms with Crippen molar-refractivity contribution < 1.29 is 19.9 Å². The van der Waals surface area contributed by atoms with E-state index in [-0.39, 0.29) is 35.2 Å². The van der Waals surface area contributed by atoms with Crippen LogP contribution in [-0.4, -0.2) is 28.4 Å². The fraction of sp³-hybridized carbons (Fsp3) is 0.538. The number of nitro benzene ring substituents is 1. The lowest BCUT2D eigenvalue weighted by Crippen LogP contribution is -2.26. The van der Waals surface area contributed by atoms with E-state index in [0.717, 1.165) is 25.0 Å². The molecule has 0 radical (unpaired) electrons. The predicted octanol–water partition coefficient (Wildman–Crippen LogP) is 2.28. The average Bonchev–Trinajstić information content (AvgIpc) is 2.43. The van der Waals surface area contributed by atoms with Gasteiger partial charge in [-0.3, -0.25) is 10.1 Å². The minimum Gasteiger partial charge on any atom is -0.504 e. The first-order chi connectivity index (χ1) is 9.42. The number of methoxy groups -OCH3 is 1. The van der Waals surface area contributed by atoms with Crippen LogP contribution in [0.3, 0.4) is 0 Å². The van der Waals surface area contributed by atoms with Gasteiger partial charge in [-0.2, -0.15) is 0 Å². The number of aliphatic hydroxyl groups excluding tert-OH is 1. The second-order valence-electron chi connectivity index (χ2n) is 4.58. The van der Waals surface area contributed by atoms with Crippen LogP contribution in [0, 0.1) is 10.1 Å². The van der Waals surface area contributed by atoms with Crippen LogP contribution in [0.25, 0.3) is 0 Å². The molecule has 8 heteroatoms. The van der Waals surface area contributed by atoms with Crippen LogP contribution in [-0.2, 0) is 0 Å². The molecular formula is C13H21ClN2O5. The molecule has 0 saturated carbocycles. The monoisotopic (exact) mass is 320 g/mol. The summed E-state index contributed by atoms with van der Waals surface area (Å²) in [5, 5.41) is 30.8. The van der Waals surface area contributed by atoms with Crippen molar-refractivity contribution in [3.05, 3.63) is 27.8 Å². The van der Waals surface area contributed by atoms with Gasteiger partial charge < -0.3 is 20.7 Å². The normalized spacial score (nSPS) is 13.1. The highest BCUT2D eigenvalue weighted by atomic mass is 35.5. The summed E-state index contributed by atoms with van der Waals surface area (Å²) in [7, 11) is 1.29. The Morgan fingerprint density at radius 1 is 1.48 bits per heavy atom. The standard InChI is InChI=1S/C13H20N2O5.ClH/c1-3-4-5-10(16)12(14)9-6-8(15(18)19)7-11(20-2)13(9)17;/h6-7,10,12,16-17H,3-5,14H2,1-2H3;1H/t10-,12+;/m0./s1. The zero-order chi connectivity index (χ0) is 15.3. The highest BCUT2D eigenvalue weighted by Crippen LogP contribution is 2.38. The lowest BCUT2D eigenvalue weighted by molar-refractivity contribution is -0.385. The summed E-state index contributed by atoms with van der Waals surface area (Å²) in [6, 6.07) is 1.37. The number of aromatic hydroxyl groups is 1. The molecule has 0 heterocycles. The molecule has 0 unspecified atom stereocenters. The van der Waals surface area contributed by atoms with Crippen LogP contribution in [0.2, 0.25) is 0 Å². The predicted molar refractivity (Wildman–Crippen MR) is 81.0 cm³/mol. The van der Waals surface area contributed by atoms with Crippen LogP contribution < -0.4 is 10.5 Å². The molecule has 0 aromatic heterocycles. The maximum Gasteiger partial charge on any atom is 0.273 e. The molecular weight excluding hydrogens is 300 g/mol. The fourth-order valence-electron chi connectivity index (χ4n) is 1.93. The quantitative estimate of drug-likeness (QED) is 0.524. The summed E-state index contributed by atoms with van der Waals surface area (Å²) >= 11 is 0. The van der Waals surface area contributed by atoms with E-state index in [0.29, 0.717) is 6.42 Å². The third-order valence-electron chi connectivity index (χ3n) is 3.15. The van der Waals surface area contributed by atoms with Gasteiger partial charge in [0.05, 0.1) is 30.2 Å². The smallest absolute Gasteiger partial charge is 0.273 e. The van der Waals surface area contributed by atoms with Gasteiger partial charge in [0.15, 0.2) is 11.5 Å². The summed E-state index contributed by atoms with van der Waals surface area (Å²) in [6.07, 6.45) is 1.25. The number of nitrogens with zero attached hydrogens (tertiary/aromatic N) is 1. The SMILES string of the molecule is CCCC[C@H](O)[C@H](N)c1cc([N+](=O)[O-])cc(OC)c1O.Cl. The number of nitro groups is 1. The zero-order valence-corrected chi connectivity index (χ0v) is 12.8. The number of benzene rings is 1. The van der Waals surface area contributed by atoms with Crippen LogP contribution >= 0.6 is 12.4 Å². The molecule has 21 heavy (non-hydrogen) atoms. The zero-order valence-electron chi connectivity index (χ0n) is 12.0. The molecule has 1 aromatic rings. The summed E-state index contributed by atoms with van der Waals surface area (Å²) in [4.78, 5) is 10.3. The lowest BCUT2D eigenvalue weighted by atomic mass is 9.96. The lowest BCUT2D eigenvalue weighted by Gasteiger charge is -2.20. The molecule has 0 aliphatic carbocycles. The Kier molecular flexibility index (Phi) is 8.01. The van der Waals surface area contributed by atoms with Crippen LogP contribution in [0.4, 0.5) is 5.69 Å². The number of hydrogen-bond acceptors (Lipinski definition) is 6. The second kappa shape index (κ2) is 8.66. The average molecular weight is 321 g/mol. The summed E-state index contributed by atoms with van der Waals surface area (Å²) in [5.74, 6) is -0.312. The third kappa shape index (κ3) is 4.73. The molecule has 0 saturated heterocycles. The largest absolute Gasteiger partial charge is 0.504 e. The maximum absolute atomic E-state index is 10.9. The van der Waals surface area contributed by atoms with Crippen molar-refractivity contribution in [2.45, 2.75) is 38.3 Å². The number of phenols is 1. The molecule has 1 aromatic carbocycles. The van der Waals surface area contributed by atoms with Gasteiger partial charge in [0, 0.05) is 11.6 Å². The van der Waals surface area contributed by atoms with E-state index in [2.05, 4.69) is 0 Å². The number of phenolic OH excluding ortho intramolecular Hbond substituents is 1. The number of rotatable bonds is 7. The Hall–Kier alpha value is -1.57. The molecule has 0 aliphatic heterocycles. The molecule has 0 fully saturated rings. The Bertz CT molecular complexity index is 484. The van der Waals surface area contributed by atoms with E-state index in [4.69, 9.17) is 10.5 Å². The molecule has 1 rings (SSSR count). The number of unbranched alkanes of at least 4 members (excludes halogenated alkanes) is 1. The van der Waals surface area contributed by atoms with E-state index < -0.39 is 17.1 Å². The molecule has 120 valence electrons. The van der Waals surface area contributed by atoms with Crippen molar-refractivity contribution in [3.63, 3.8) is 0 Å². The third-order valence-corrected chi connectivity index (χ3v) is 3.15. The van der Waals surface area contributed by atoms with Gasteiger partial charge in [-0.25, -0.2) is 0 Å². The molecule has 0 amide bonds. The molecule has 0 aliphatic rings. The van der Waals surface area contributed by atoms with Gasteiger partial charge >= 0.3 is 0 Å². The van der Waals surface area contributed by atoms with Crippen molar-refractivity contribution in [2.75, 3.05) is 7.11 Å². The number of aliphatic hydroxyl groups is 1. The van der Waals surface area contributed by atoms with E-state index in [1.54, 1.807) is 0 Å². The first kappa shape index (κ1) is 19.4.